The lowest BCUT2D eigenvalue weighted by Gasteiger charge is -2.10. The van der Waals surface area contributed by atoms with Gasteiger partial charge in [0.25, 0.3) is 5.91 Å². The van der Waals surface area contributed by atoms with Crippen molar-refractivity contribution in [1.29, 1.82) is 0 Å². The summed E-state index contributed by atoms with van der Waals surface area (Å²) in [6, 6.07) is 11.6. The van der Waals surface area contributed by atoms with Gasteiger partial charge in [-0.3, -0.25) is 4.79 Å². The van der Waals surface area contributed by atoms with Crippen LogP contribution in [0.5, 0.6) is 0 Å². The molecule has 0 aliphatic carbocycles. The van der Waals surface area contributed by atoms with Gasteiger partial charge in [0.05, 0.1) is 4.90 Å². The number of amides is 1. The van der Waals surface area contributed by atoms with Gasteiger partial charge >= 0.3 is 6.18 Å². The number of sulfonamides is 1. The predicted molar refractivity (Wildman–Crippen MR) is 95.2 cm³/mol. The highest BCUT2D eigenvalue weighted by molar-refractivity contribution is 7.89. The van der Waals surface area contributed by atoms with Crippen LogP contribution in [-0.4, -0.2) is 33.6 Å². The van der Waals surface area contributed by atoms with Crippen molar-refractivity contribution in [2.75, 3.05) is 13.1 Å². The Morgan fingerprint density at radius 3 is 2.33 bits per heavy atom. The lowest BCUT2D eigenvalue weighted by molar-refractivity contribution is -0.123. The molecule has 0 unspecified atom stereocenters. The van der Waals surface area contributed by atoms with E-state index in [9.17, 15) is 26.4 Å². The molecule has 27 heavy (non-hydrogen) atoms. The summed E-state index contributed by atoms with van der Waals surface area (Å²) in [5.74, 6) is -0.940. The second-order valence-electron chi connectivity index (χ2n) is 5.60. The topological polar surface area (TPSA) is 75.3 Å². The maximum atomic E-state index is 12.2. The first-order chi connectivity index (χ1) is 12.6. The first kappa shape index (κ1) is 21.2. The van der Waals surface area contributed by atoms with Gasteiger partial charge in [0.2, 0.25) is 10.0 Å². The van der Waals surface area contributed by atoms with Crippen molar-refractivity contribution < 1.29 is 26.4 Å². The van der Waals surface area contributed by atoms with E-state index in [1.807, 2.05) is 6.07 Å². The maximum absolute atomic E-state index is 12.2. The Morgan fingerprint density at radius 2 is 1.74 bits per heavy atom. The first-order valence-corrected chi connectivity index (χ1v) is 9.62. The molecule has 2 N–H and O–H groups in total. The lowest BCUT2D eigenvalue weighted by Crippen LogP contribution is -2.33. The minimum absolute atomic E-state index is 0.0721. The molecular formula is C17H16ClF3N2O3S. The molecular weight excluding hydrogens is 405 g/mol. The Labute approximate surface area is 159 Å². The van der Waals surface area contributed by atoms with Crippen LogP contribution in [0.25, 0.3) is 0 Å². The molecule has 0 spiro atoms. The van der Waals surface area contributed by atoms with E-state index >= 15 is 0 Å². The fourth-order valence-corrected chi connectivity index (χ4v) is 3.42. The molecule has 0 fully saturated rings. The minimum Gasteiger partial charge on any atom is -0.343 e. The predicted octanol–water partition coefficient (Wildman–Crippen LogP) is 3.15. The molecule has 2 aromatic rings. The molecule has 146 valence electrons. The second kappa shape index (κ2) is 8.73. The van der Waals surface area contributed by atoms with Crippen molar-refractivity contribution in [2.24, 2.45) is 0 Å². The third-order valence-corrected chi connectivity index (χ3v) is 5.18. The highest BCUT2D eigenvalue weighted by Gasteiger charge is 2.28. The highest BCUT2D eigenvalue weighted by Crippen LogP contribution is 2.14. The number of rotatable bonds is 7. The number of halogens is 4. The maximum Gasteiger partial charge on any atom is 0.405 e. The Hall–Kier alpha value is -2.10. The largest absolute Gasteiger partial charge is 0.405 e. The van der Waals surface area contributed by atoms with E-state index in [0.717, 1.165) is 29.8 Å². The van der Waals surface area contributed by atoms with Crippen LogP contribution < -0.4 is 10.0 Å². The number of carbonyl (C=O) groups is 1. The lowest BCUT2D eigenvalue weighted by atomic mass is 10.2. The van der Waals surface area contributed by atoms with E-state index in [0.29, 0.717) is 11.4 Å². The van der Waals surface area contributed by atoms with Crippen LogP contribution in [-0.2, 0) is 16.4 Å². The van der Waals surface area contributed by atoms with Gasteiger partial charge in [-0.05, 0) is 48.4 Å². The molecule has 0 saturated heterocycles. The summed E-state index contributed by atoms with van der Waals surface area (Å²) in [6.07, 6.45) is -4.09. The Balaban J connectivity index is 1.95. The van der Waals surface area contributed by atoms with Gasteiger partial charge in [0.15, 0.2) is 0 Å². The SMILES string of the molecule is O=C(NCC(F)(F)F)c1ccc(S(=O)(=O)NCCc2cccc(Cl)c2)cc1. The molecule has 0 aliphatic rings. The van der Waals surface area contributed by atoms with Crippen molar-refractivity contribution in [3.05, 3.63) is 64.7 Å². The zero-order chi connectivity index (χ0) is 20.1. The summed E-state index contributed by atoms with van der Waals surface area (Å²) in [4.78, 5) is 11.5. The third kappa shape index (κ3) is 6.85. The van der Waals surface area contributed by atoms with Crippen LogP contribution in [0.4, 0.5) is 13.2 Å². The zero-order valence-electron chi connectivity index (χ0n) is 13.9. The Morgan fingerprint density at radius 1 is 1.07 bits per heavy atom. The van der Waals surface area contributed by atoms with Crippen molar-refractivity contribution in [3.8, 4) is 0 Å². The van der Waals surface area contributed by atoms with E-state index in [-0.39, 0.29) is 17.0 Å². The molecule has 0 bridgehead atoms. The standard InChI is InChI=1S/C17H16ClF3N2O3S/c18-14-3-1-2-12(10-14)8-9-23-27(25,26)15-6-4-13(5-7-15)16(24)22-11-17(19,20)21/h1-7,10,23H,8-9,11H2,(H,22,24). The Kier molecular flexibility index (Phi) is 6.85. The summed E-state index contributed by atoms with van der Waals surface area (Å²) in [5, 5.41) is 2.26. The van der Waals surface area contributed by atoms with Crippen LogP contribution in [0.3, 0.4) is 0 Å². The van der Waals surface area contributed by atoms with E-state index in [2.05, 4.69) is 4.72 Å². The van der Waals surface area contributed by atoms with Crippen molar-refractivity contribution in [1.82, 2.24) is 10.0 Å². The van der Waals surface area contributed by atoms with Crippen molar-refractivity contribution >= 4 is 27.5 Å². The number of alkyl halides is 3. The number of benzene rings is 2. The fraction of sp³-hybridized carbons (Fsp3) is 0.235. The summed E-state index contributed by atoms with van der Waals surface area (Å²) in [6.45, 7) is -1.33. The number of hydrogen-bond acceptors (Lipinski definition) is 3. The normalized spacial score (nSPS) is 12.0. The van der Waals surface area contributed by atoms with E-state index in [1.165, 1.54) is 0 Å². The number of nitrogens with one attached hydrogen (secondary N) is 2. The average Bonchev–Trinajstić information content (AvgIpc) is 2.59. The summed E-state index contributed by atoms with van der Waals surface area (Å²) < 4.78 is 63.2. The van der Waals surface area contributed by atoms with Crippen molar-refractivity contribution in [2.45, 2.75) is 17.5 Å². The molecule has 0 aliphatic heterocycles. The molecule has 0 radical (unpaired) electrons. The first-order valence-electron chi connectivity index (χ1n) is 7.76. The number of hydrogen-bond donors (Lipinski definition) is 2. The Bertz CT molecular complexity index is 900. The molecule has 0 atom stereocenters. The van der Waals surface area contributed by atoms with Gasteiger partial charge < -0.3 is 5.32 Å². The average molecular weight is 421 g/mol. The molecule has 0 saturated carbocycles. The van der Waals surface area contributed by atoms with Crippen LogP contribution in [0, 0.1) is 0 Å². The van der Waals surface area contributed by atoms with Crippen molar-refractivity contribution in [3.63, 3.8) is 0 Å². The van der Waals surface area contributed by atoms with Gasteiger partial charge in [-0.15, -0.1) is 0 Å². The van der Waals surface area contributed by atoms with Gasteiger partial charge in [0.1, 0.15) is 6.54 Å². The molecule has 2 rings (SSSR count). The van der Waals surface area contributed by atoms with Crippen LogP contribution in [0.15, 0.2) is 53.4 Å². The third-order valence-electron chi connectivity index (χ3n) is 3.47. The van der Waals surface area contributed by atoms with Crippen LogP contribution in [0.2, 0.25) is 5.02 Å². The van der Waals surface area contributed by atoms with Crippen LogP contribution in [0.1, 0.15) is 15.9 Å². The molecule has 0 aromatic heterocycles. The van der Waals surface area contributed by atoms with Gasteiger partial charge in [-0.2, -0.15) is 13.2 Å². The smallest absolute Gasteiger partial charge is 0.343 e. The molecule has 0 heterocycles. The molecule has 1 amide bonds. The molecule has 10 heteroatoms. The van der Waals surface area contributed by atoms with Gasteiger partial charge in [-0.1, -0.05) is 23.7 Å². The molecule has 5 nitrogen and oxygen atoms in total. The summed E-state index contributed by atoms with van der Waals surface area (Å²) in [5.41, 5.74) is 0.791. The van der Waals surface area contributed by atoms with Crippen LogP contribution >= 0.6 is 11.6 Å². The number of carbonyl (C=O) groups excluding carboxylic acids is 1. The molecule has 2 aromatic carbocycles. The van der Waals surface area contributed by atoms with Gasteiger partial charge in [0, 0.05) is 17.1 Å². The van der Waals surface area contributed by atoms with E-state index in [4.69, 9.17) is 11.6 Å². The monoisotopic (exact) mass is 420 g/mol. The zero-order valence-corrected chi connectivity index (χ0v) is 15.5. The highest BCUT2D eigenvalue weighted by atomic mass is 35.5. The summed E-state index contributed by atoms with van der Waals surface area (Å²) >= 11 is 5.86. The fourth-order valence-electron chi connectivity index (χ4n) is 2.17. The minimum atomic E-state index is -4.52. The van der Waals surface area contributed by atoms with E-state index in [1.54, 1.807) is 23.5 Å². The quantitative estimate of drug-likeness (QED) is 0.722. The van der Waals surface area contributed by atoms with E-state index < -0.39 is 28.7 Å². The van der Waals surface area contributed by atoms with Gasteiger partial charge in [-0.25, -0.2) is 13.1 Å². The summed E-state index contributed by atoms with van der Waals surface area (Å²) in [7, 11) is -3.81. The second-order valence-corrected chi connectivity index (χ2v) is 7.80.